The minimum absolute atomic E-state index is 0.318. The topological polar surface area (TPSA) is 47.0 Å². The Kier molecular flexibility index (Phi) is 4.68. The van der Waals surface area contributed by atoms with E-state index in [1.165, 1.54) is 18.3 Å². The van der Waals surface area contributed by atoms with Crippen molar-refractivity contribution in [2.24, 2.45) is 0 Å². The molecule has 6 heteroatoms. The number of ether oxygens (including phenoxy) is 1. The van der Waals surface area contributed by atoms with E-state index in [-0.39, 0.29) is 5.82 Å². The molecule has 1 N–H and O–H groups in total. The lowest BCUT2D eigenvalue weighted by Crippen LogP contribution is -2.03. The molecule has 0 amide bonds. The number of nitrogens with one attached hydrogen (secondary N) is 1. The van der Waals surface area contributed by atoms with E-state index in [1.54, 1.807) is 12.3 Å². The van der Waals surface area contributed by atoms with Gasteiger partial charge in [-0.3, -0.25) is 4.98 Å². The number of rotatable bonds is 5. The van der Waals surface area contributed by atoms with Crippen LogP contribution >= 0.6 is 15.9 Å². The maximum absolute atomic E-state index is 13.2. The van der Waals surface area contributed by atoms with Crippen LogP contribution in [-0.4, -0.2) is 16.5 Å². The number of halogens is 2. The lowest BCUT2D eigenvalue weighted by molar-refractivity contribution is 0.455. The van der Waals surface area contributed by atoms with Gasteiger partial charge >= 0.3 is 0 Å². The molecule has 0 aliphatic carbocycles. The molecule has 0 bridgehead atoms. The summed E-state index contributed by atoms with van der Waals surface area (Å²) in [4.78, 5) is 8.25. The molecule has 0 aliphatic rings. The molecule has 0 radical (unpaired) electrons. The summed E-state index contributed by atoms with van der Waals surface area (Å²) in [5, 5.41) is 3.11. The largest absolute Gasteiger partial charge is 0.437 e. The predicted molar refractivity (Wildman–Crippen MR) is 75.0 cm³/mol. The third-order valence-corrected chi connectivity index (χ3v) is 2.68. The first-order valence-electron chi connectivity index (χ1n) is 5.87. The van der Waals surface area contributed by atoms with E-state index in [9.17, 15) is 4.39 Å². The van der Waals surface area contributed by atoms with Crippen molar-refractivity contribution >= 4 is 21.7 Å². The van der Waals surface area contributed by atoms with Gasteiger partial charge in [-0.25, -0.2) is 4.39 Å². The van der Waals surface area contributed by atoms with Crippen molar-refractivity contribution in [1.82, 2.24) is 9.97 Å². The zero-order valence-corrected chi connectivity index (χ0v) is 11.9. The average Bonchev–Trinajstić information content (AvgIpc) is 2.35. The molecule has 1 heterocycles. The van der Waals surface area contributed by atoms with Crippen LogP contribution in [0.3, 0.4) is 0 Å². The number of nitrogens with zero attached hydrogens (tertiary/aromatic N) is 2. The summed E-state index contributed by atoms with van der Waals surface area (Å²) >= 11 is 3.21. The minimum Gasteiger partial charge on any atom is -0.437 e. The second-order valence-corrected chi connectivity index (χ2v) is 4.79. The van der Waals surface area contributed by atoms with E-state index in [0.717, 1.165) is 13.0 Å². The lowest BCUT2D eigenvalue weighted by Gasteiger charge is -2.07. The summed E-state index contributed by atoms with van der Waals surface area (Å²) in [5.41, 5.74) is 0. The Morgan fingerprint density at radius 3 is 2.89 bits per heavy atom. The second kappa shape index (κ2) is 6.47. The zero-order chi connectivity index (χ0) is 13.7. The smallest absolute Gasteiger partial charge is 0.239 e. The molecule has 1 aromatic heterocycles. The van der Waals surface area contributed by atoms with Gasteiger partial charge in [-0.15, -0.1) is 0 Å². The van der Waals surface area contributed by atoms with Gasteiger partial charge in [0.2, 0.25) is 5.88 Å². The van der Waals surface area contributed by atoms with Gasteiger partial charge < -0.3 is 10.1 Å². The number of benzene rings is 1. The second-order valence-electron chi connectivity index (χ2n) is 3.88. The lowest BCUT2D eigenvalue weighted by atomic mass is 10.3. The van der Waals surface area contributed by atoms with Gasteiger partial charge in [0.1, 0.15) is 17.4 Å². The van der Waals surface area contributed by atoms with E-state index in [0.29, 0.717) is 21.9 Å². The van der Waals surface area contributed by atoms with Crippen LogP contribution in [0.15, 0.2) is 35.1 Å². The van der Waals surface area contributed by atoms with Crippen molar-refractivity contribution in [3.05, 3.63) is 40.9 Å². The molecule has 0 aliphatic heterocycles. The van der Waals surface area contributed by atoms with Crippen LogP contribution in [0.5, 0.6) is 11.6 Å². The molecule has 0 spiro atoms. The minimum atomic E-state index is -0.377. The molecular weight excluding hydrogens is 313 g/mol. The number of anilines is 1. The van der Waals surface area contributed by atoms with E-state index in [4.69, 9.17) is 4.74 Å². The fourth-order valence-corrected chi connectivity index (χ4v) is 1.89. The number of hydrogen-bond donors (Lipinski definition) is 1. The fourth-order valence-electron chi connectivity index (χ4n) is 1.44. The first-order chi connectivity index (χ1) is 9.17. The summed E-state index contributed by atoms with van der Waals surface area (Å²) in [6.45, 7) is 2.87. The SMILES string of the molecule is CCCNc1cncc(Oc2cc(F)cc(Br)c2)n1. The monoisotopic (exact) mass is 325 g/mol. The highest BCUT2D eigenvalue weighted by atomic mass is 79.9. The van der Waals surface area contributed by atoms with Crippen LogP contribution in [0.1, 0.15) is 13.3 Å². The molecule has 2 aromatic rings. The maximum atomic E-state index is 13.2. The third-order valence-electron chi connectivity index (χ3n) is 2.23. The zero-order valence-electron chi connectivity index (χ0n) is 10.4. The van der Waals surface area contributed by atoms with Gasteiger partial charge in [0, 0.05) is 17.1 Å². The third kappa shape index (κ3) is 4.17. The van der Waals surface area contributed by atoms with E-state index in [1.807, 2.05) is 0 Å². The molecule has 1 aromatic carbocycles. The van der Waals surface area contributed by atoms with E-state index >= 15 is 0 Å². The molecule has 0 fully saturated rings. The Labute approximate surface area is 119 Å². The molecule has 4 nitrogen and oxygen atoms in total. The highest BCUT2D eigenvalue weighted by molar-refractivity contribution is 9.10. The van der Waals surface area contributed by atoms with Crippen LogP contribution in [0, 0.1) is 5.82 Å². The molecule has 0 atom stereocenters. The van der Waals surface area contributed by atoms with Crippen LogP contribution in [0.4, 0.5) is 10.2 Å². The predicted octanol–water partition coefficient (Wildman–Crippen LogP) is 3.99. The Morgan fingerprint density at radius 2 is 2.16 bits per heavy atom. The Hall–Kier alpha value is -1.69. The number of hydrogen-bond acceptors (Lipinski definition) is 4. The highest BCUT2D eigenvalue weighted by Crippen LogP contribution is 2.24. The van der Waals surface area contributed by atoms with Crippen LogP contribution < -0.4 is 10.1 Å². The van der Waals surface area contributed by atoms with E-state index in [2.05, 4.69) is 38.1 Å². The fraction of sp³-hybridized carbons (Fsp3) is 0.231. The van der Waals surface area contributed by atoms with Gasteiger partial charge in [0.25, 0.3) is 0 Å². The van der Waals surface area contributed by atoms with Crippen molar-refractivity contribution in [2.45, 2.75) is 13.3 Å². The Bertz CT molecular complexity index is 545. The van der Waals surface area contributed by atoms with Gasteiger partial charge in [0.05, 0.1) is 12.4 Å². The molecule has 0 unspecified atom stereocenters. The van der Waals surface area contributed by atoms with Crippen molar-refractivity contribution in [2.75, 3.05) is 11.9 Å². The summed E-state index contributed by atoms with van der Waals surface area (Å²) < 4.78 is 19.3. The van der Waals surface area contributed by atoms with Gasteiger partial charge in [0.15, 0.2) is 0 Å². The summed E-state index contributed by atoms with van der Waals surface area (Å²) in [6.07, 6.45) is 4.09. The van der Waals surface area contributed by atoms with Crippen molar-refractivity contribution in [3.8, 4) is 11.6 Å². The molecular formula is C13H13BrFN3O. The normalized spacial score (nSPS) is 10.3. The van der Waals surface area contributed by atoms with Crippen LogP contribution in [-0.2, 0) is 0 Å². The van der Waals surface area contributed by atoms with Crippen LogP contribution in [0.25, 0.3) is 0 Å². The van der Waals surface area contributed by atoms with Gasteiger partial charge in [-0.2, -0.15) is 4.98 Å². The highest BCUT2D eigenvalue weighted by Gasteiger charge is 2.04. The first kappa shape index (κ1) is 13.7. The quantitative estimate of drug-likeness (QED) is 0.902. The Morgan fingerprint density at radius 1 is 1.32 bits per heavy atom. The molecule has 0 saturated carbocycles. The molecule has 100 valence electrons. The first-order valence-corrected chi connectivity index (χ1v) is 6.66. The molecule has 2 rings (SSSR count). The molecule has 0 saturated heterocycles. The molecule has 19 heavy (non-hydrogen) atoms. The van der Waals surface area contributed by atoms with Crippen molar-refractivity contribution < 1.29 is 9.13 Å². The Balaban J connectivity index is 2.13. The average molecular weight is 326 g/mol. The van der Waals surface area contributed by atoms with Crippen molar-refractivity contribution in [3.63, 3.8) is 0 Å². The summed E-state index contributed by atoms with van der Waals surface area (Å²) in [6, 6.07) is 4.31. The summed E-state index contributed by atoms with van der Waals surface area (Å²) in [7, 11) is 0. The van der Waals surface area contributed by atoms with Crippen LogP contribution in [0.2, 0.25) is 0 Å². The number of aromatic nitrogens is 2. The van der Waals surface area contributed by atoms with Gasteiger partial charge in [-0.05, 0) is 18.6 Å². The van der Waals surface area contributed by atoms with E-state index < -0.39 is 0 Å². The van der Waals surface area contributed by atoms with Crippen molar-refractivity contribution in [1.29, 1.82) is 0 Å². The maximum Gasteiger partial charge on any atom is 0.239 e. The summed E-state index contributed by atoms with van der Waals surface area (Å²) in [5.74, 6) is 0.944. The van der Waals surface area contributed by atoms with Gasteiger partial charge in [-0.1, -0.05) is 22.9 Å². The standard InChI is InChI=1S/C13H13BrFN3O/c1-2-3-17-12-7-16-8-13(18-12)19-11-5-9(14)4-10(15)6-11/h4-8H,2-3H2,1H3,(H,17,18).